The van der Waals surface area contributed by atoms with Crippen molar-refractivity contribution >= 4 is 12.2 Å². The molecule has 1 heterocycles. The fourth-order valence-corrected chi connectivity index (χ4v) is 1.89. The van der Waals surface area contributed by atoms with E-state index in [2.05, 4.69) is 5.32 Å². The van der Waals surface area contributed by atoms with Crippen LogP contribution in [0.3, 0.4) is 0 Å². The number of carbonyl (C=O) groups is 2. The highest BCUT2D eigenvalue weighted by atomic mass is 16.5. The number of ether oxygens (including phenoxy) is 1. The van der Waals surface area contributed by atoms with Crippen LogP contribution in [0.2, 0.25) is 0 Å². The number of hydrogen-bond donors (Lipinski definition) is 1. The summed E-state index contributed by atoms with van der Waals surface area (Å²) in [6.45, 7) is 1.25. The highest BCUT2D eigenvalue weighted by Gasteiger charge is 2.19. The minimum atomic E-state index is 0.0893. The third-order valence-corrected chi connectivity index (χ3v) is 2.83. The largest absolute Gasteiger partial charge is 0.493 e. The molecule has 1 fully saturated rings. The van der Waals surface area contributed by atoms with Crippen molar-refractivity contribution in [2.45, 2.75) is 12.8 Å². The van der Waals surface area contributed by atoms with Gasteiger partial charge in [0, 0.05) is 24.4 Å². The van der Waals surface area contributed by atoms with E-state index in [1.165, 1.54) is 0 Å². The molecule has 1 saturated heterocycles. The molecular formula is C13H15NO3. The Hall–Kier alpha value is -1.84. The summed E-state index contributed by atoms with van der Waals surface area (Å²) in [7, 11) is 0. The summed E-state index contributed by atoms with van der Waals surface area (Å²) in [4.78, 5) is 21.8. The Morgan fingerprint density at radius 3 is 3.12 bits per heavy atom. The van der Waals surface area contributed by atoms with Crippen LogP contribution in [-0.4, -0.2) is 25.3 Å². The van der Waals surface area contributed by atoms with Crippen LogP contribution in [0, 0.1) is 5.92 Å². The van der Waals surface area contributed by atoms with Crippen LogP contribution in [0.1, 0.15) is 23.2 Å². The first-order valence-electron chi connectivity index (χ1n) is 5.72. The lowest BCUT2D eigenvalue weighted by atomic mass is 9.99. The van der Waals surface area contributed by atoms with Gasteiger partial charge in [0.25, 0.3) is 0 Å². The molecule has 1 N–H and O–H groups in total. The topological polar surface area (TPSA) is 55.4 Å². The van der Waals surface area contributed by atoms with Crippen LogP contribution in [0.15, 0.2) is 24.3 Å². The van der Waals surface area contributed by atoms with Crippen molar-refractivity contribution in [1.29, 1.82) is 0 Å². The van der Waals surface area contributed by atoms with Gasteiger partial charge in [-0.05, 0) is 18.6 Å². The van der Waals surface area contributed by atoms with E-state index in [0.29, 0.717) is 24.3 Å². The molecule has 0 radical (unpaired) electrons. The minimum absolute atomic E-state index is 0.0893. The number of amides is 1. The van der Waals surface area contributed by atoms with Gasteiger partial charge in [0.15, 0.2) is 0 Å². The normalized spacial score (nSPS) is 19.5. The molecule has 90 valence electrons. The fraction of sp³-hybridized carbons (Fsp3) is 0.385. The average Bonchev–Trinajstić information content (AvgIpc) is 2.37. The van der Waals surface area contributed by atoms with Crippen molar-refractivity contribution < 1.29 is 14.3 Å². The number of nitrogens with one attached hydrogen (secondary N) is 1. The molecule has 4 heteroatoms. The Kier molecular flexibility index (Phi) is 3.75. The summed E-state index contributed by atoms with van der Waals surface area (Å²) in [6.07, 6.45) is 2.26. The number of carbonyl (C=O) groups excluding carboxylic acids is 2. The zero-order chi connectivity index (χ0) is 12.1. The Bertz CT molecular complexity index is 417. The Morgan fingerprint density at radius 1 is 1.47 bits per heavy atom. The van der Waals surface area contributed by atoms with E-state index in [-0.39, 0.29) is 11.8 Å². The molecule has 0 bridgehead atoms. The van der Waals surface area contributed by atoms with Gasteiger partial charge in [-0.3, -0.25) is 9.59 Å². The predicted molar refractivity (Wildman–Crippen MR) is 63.1 cm³/mol. The average molecular weight is 233 g/mol. The molecule has 0 saturated carbocycles. The van der Waals surface area contributed by atoms with Gasteiger partial charge in [0.2, 0.25) is 5.91 Å². The highest BCUT2D eigenvalue weighted by molar-refractivity contribution is 5.77. The van der Waals surface area contributed by atoms with Crippen molar-refractivity contribution in [3.63, 3.8) is 0 Å². The molecule has 0 aliphatic carbocycles. The molecule has 17 heavy (non-hydrogen) atoms. The molecule has 0 spiro atoms. The van der Waals surface area contributed by atoms with E-state index >= 15 is 0 Å². The van der Waals surface area contributed by atoms with E-state index in [1.54, 1.807) is 18.2 Å². The van der Waals surface area contributed by atoms with E-state index in [9.17, 15) is 9.59 Å². The molecule has 2 rings (SSSR count). The van der Waals surface area contributed by atoms with Crippen molar-refractivity contribution in [2.75, 3.05) is 13.2 Å². The zero-order valence-corrected chi connectivity index (χ0v) is 9.52. The molecule has 1 atom stereocenters. The van der Waals surface area contributed by atoms with Crippen molar-refractivity contribution in [1.82, 2.24) is 5.32 Å². The van der Waals surface area contributed by atoms with Crippen LogP contribution in [0.4, 0.5) is 0 Å². The molecular weight excluding hydrogens is 218 g/mol. The lowest BCUT2D eigenvalue weighted by Gasteiger charge is -2.22. The number of hydrogen-bond acceptors (Lipinski definition) is 3. The molecule has 4 nitrogen and oxygen atoms in total. The van der Waals surface area contributed by atoms with Gasteiger partial charge in [-0.15, -0.1) is 0 Å². The highest BCUT2D eigenvalue weighted by Crippen LogP contribution is 2.17. The van der Waals surface area contributed by atoms with Gasteiger partial charge in [0.05, 0.1) is 6.61 Å². The molecule has 0 aromatic heterocycles. The molecule has 1 aromatic rings. The van der Waals surface area contributed by atoms with Crippen LogP contribution >= 0.6 is 0 Å². The first-order valence-corrected chi connectivity index (χ1v) is 5.72. The smallest absolute Gasteiger partial charge is 0.220 e. The van der Waals surface area contributed by atoms with E-state index in [1.807, 2.05) is 6.07 Å². The Balaban J connectivity index is 1.88. The van der Waals surface area contributed by atoms with Gasteiger partial charge in [-0.1, -0.05) is 12.1 Å². The summed E-state index contributed by atoms with van der Waals surface area (Å²) in [5.74, 6) is 1.04. The lowest BCUT2D eigenvalue weighted by molar-refractivity contribution is -0.123. The van der Waals surface area contributed by atoms with Gasteiger partial charge in [0.1, 0.15) is 12.0 Å². The number of rotatable bonds is 4. The van der Waals surface area contributed by atoms with Crippen LogP contribution in [-0.2, 0) is 4.79 Å². The molecule has 1 amide bonds. The first kappa shape index (κ1) is 11.6. The number of aldehydes is 1. The van der Waals surface area contributed by atoms with Crippen molar-refractivity contribution in [3.8, 4) is 5.75 Å². The summed E-state index contributed by atoms with van der Waals surface area (Å²) in [5.41, 5.74) is 0.601. The maximum atomic E-state index is 11.2. The minimum Gasteiger partial charge on any atom is -0.493 e. The number of piperidine rings is 1. The maximum absolute atomic E-state index is 11.2. The van der Waals surface area contributed by atoms with Gasteiger partial charge < -0.3 is 10.1 Å². The number of benzene rings is 1. The van der Waals surface area contributed by atoms with Crippen LogP contribution in [0.5, 0.6) is 5.75 Å². The predicted octanol–water partition coefficient (Wildman–Crippen LogP) is 1.40. The molecule has 1 aromatic carbocycles. The molecule has 1 aliphatic rings. The third kappa shape index (κ3) is 3.31. The Morgan fingerprint density at radius 2 is 2.35 bits per heavy atom. The quantitative estimate of drug-likeness (QED) is 0.800. The summed E-state index contributed by atoms with van der Waals surface area (Å²) in [6, 6.07) is 7.03. The zero-order valence-electron chi connectivity index (χ0n) is 9.52. The first-order chi connectivity index (χ1) is 8.28. The van der Waals surface area contributed by atoms with Crippen LogP contribution in [0.25, 0.3) is 0 Å². The second-order valence-electron chi connectivity index (χ2n) is 4.21. The summed E-state index contributed by atoms with van der Waals surface area (Å²) >= 11 is 0. The SMILES string of the molecule is O=Cc1cccc(OCC2CCNC(=O)C2)c1. The standard InChI is InChI=1S/C13H15NO3/c15-8-10-2-1-3-12(6-10)17-9-11-4-5-14-13(16)7-11/h1-3,6,8,11H,4-5,7,9H2,(H,14,16). The van der Waals surface area contributed by atoms with Gasteiger partial charge in [-0.25, -0.2) is 0 Å². The van der Waals surface area contributed by atoms with Crippen molar-refractivity contribution in [2.24, 2.45) is 5.92 Å². The van der Waals surface area contributed by atoms with E-state index < -0.39 is 0 Å². The van der Waals surface area contributed by atoms with Crippen molar-refractivity contribution in [3.05, 3.63) is 29.8 Å². The second-order valence-corrected chi connectivity index (χ2v) is 4.21. The summed E-state index contributed by atoms with van der Waals surface area (Å²) in [5, 5.41) is 2.79. The fourth-order valence-electron chi connectivity index (χ4n) is 1.89. The van der Waals surface area contributed by atoms with Gasteiger partial charge in [-0.2, -0.15) is 0 Å². The lowest BCUT2D eigenvalue weighted by Crippen LogP contribution is -2.35. The van der Waals surface area contributed by atoms with E-state index in [4.69, 9.17) is 4.74 Å². The van der Waals surface area contributed by atoms with Crippen LogP contribution < -0.4 is 10.1 Å². The van der Waals surface area contributed by atoms with E-state index in [0.717, 1.165) is 19.3 Å². The summed E-state index contributed by atoms with van der Waals surface area (Å²) < 4.78 is 5.60. The second kappa shape index (κ2) is 5.48. The molecule has 1 unspecified atom stereocenters. The van der Waals surface area contributed by atoms with Gasteiger partial charge >= 0.3 is 0 Å². The monoisotopic (exact) mass is 233 g/mol. The maximum Gasteiger partial charge on any atom is 0.220 e. The Labute approximate surface area is 100.0 Å². The third-order valence-electron chi connectivity index (χ3n) is 2.83. The molecule has 1 aliphatic heterocycles.